The molecule has 1 fully saturated rings. The summed E-state index contributed by atoms with van der Waals surface area (Å²) in [6, 6.07) is 7.11. The van der Waals surface area contributed by atoms with Crippen molar-refractivity contribution < 1.29 is 14.7 Å². The summed E-state index contributed by atoms with van der Waals surface area (Å²) in [6.07, 6.45) is 6.31. The number of hydrogen-bond donors (Lipinski definition) is 2. The Kier molecular flexibility index (Phi) is 5.67. The van der Waals surface area contributed by atoms with Crippen LogP contribution in [-0.2, 0) is 4.79 Å². The zero-order chi connectivity index (χ0) is 15.2. The first kappa shape index (κ1) is 15.9. The Morgan fingerprint density at radius 3 is 2.43 bits per heavy atom. The number of benzene rings is 1. The Morgan fingerprint density at radius 1 is 1.14 bits per heavy atom. The molecular formula is C16H21NO3S. The lowest BCUT2D eigenvalue weighted by molar-refractivity contribution is -0.142. The normalized spacial score (nSPS) is 22.3. The zero-order valence-electron chi connectivity index (χ0n) is 12.2. The number of aliphatic carboxylic acids is 1. The van der Waals surface area contributed by atoms with Crippen LogP contribution < -0.4 is 5.32 Å². The molecule has 4 nitrogen and oxygen atoms in total. The van der Waals surface area contributed by atoms with Crippen molar-refractivity contribution in [3.05, 3.63) is 29.8 Å². The molecule has 0 aromatic heterocycles. The van der Waals surface area contributed by atoms with E-state index in [4.69, 9.17) is 0 Å². The minimum Gasteiger partial charge on any atom is -0.481 e. The predicted molar refractivity (Wildman–Crippen MR) is 83.7 cm³/mol. The molecule has 5 heteroatoms. The summed E-state index contributed by atoms with van der Waals surface area (Å²) >= 11 is 1.62. The molecule has 21 heavy (non-hydrogen) atoms. The number of carbonyl (C=O) groups excluding carboxylic acids is 1. The van der Waals surface area contributed by atoms with Crippen molar-refractivity contribution in [1.82, 2.24) is 5.32 Å². The van der Waals surface area contributed by atoms with E-state index in [1.165, 1.54) is 0 Å². The maximum Gasteiger partial charge on any atom is 0.308 e. The van der Waals surface area contributed by atoms with Gasteiger partial charge in [0.2, 0.25) is 0 Å². The van der Waals surface area contributed by atoms with Gasteiger partial charge in [-0.15, -0.1) is 11.8 Å². The topological polar surface area (TPSA) is 66.4 Å². The standard InChI is InChI=1S/C16H21NO3S/c1-21-12-9-7-11(8-10-12)15(18)17-14-6-4-2-3-5-13(14)16(19)20/h7-10,13-14H,2-6H2,1H3,(H,17,18)(H,19,20). The average molecular weight is 307 g/mol. The van der Waals surface area contributed by atoms with E-state index in [9.17, 15) is 14.7 Å². The fourth-order valence-corrected chi connectivity index (χ4v) is 3.18. The van der Waals surface area contributed by atoms with E-state index in [-0.39, 0.29) is 11.9 Å². The van der Waals surface area contributed by atoms with Gasteiger partial charge >= 0.3 is 5.97 Å². The number of hydrogen-bond acceptors (Lipinski definition) is 3. The van der Waals surface area contributed by atoms with Gasteiger partial charge in [0.05, 0.1) is 5.92 Å². The van der Waals surface area contributed by atoms with Crippen molar-refractivity contribution >= 4 is 23.6 Å². The molecule has 1 amide bonds. The lowest BCUT2D eigenvalue weighted by atomic mass is 9.94. The Balaban J connectivity index is 2.06. The molecule has 1 saturated carbocycles. The van der Waals surface area contributed by atoms with Gasteiger partial charge in [-0.05, 0) is 43.4 Å². The van der Waals surface area contributed by atoms with Crippen molar-refractivity contribution in [2.75, 3.05) is 6.26 Å². The van der Waals surface area contributed by atoms with Crippen LogP contribution in [0.2, 0.25) is 0 Å². The number of amides is 1. The van der Waals surface area contributed by atoms with Crippen LogP contribution in [0.1, 0.15) is 42.5 Å². The fraction of sp³-hybridized carbons (Fsp3) is 0.500. The van der Waals surface area contributed by atoms with E-state index in [1.807, 2.05) is 18.4 Å². The molecule has 2 atom stereocenters. The Labute approximate surface area is 129 Å². The molecule has 2 N–H and O–H groups in total. The SMILES string of the molecule is CSc1ccc(C(=O)NC2CCCCCC2C(=O)O)cc1. The lowest BCUT2D eigenvalue weighted by Crippen LogP contribution is -2.42. The largest absolute Gasteiger partial charge is 0.481 e. The highest BCUT2D eigenvalue weighted by molar-refractivity contribution is 7.98. The molecule has 114 valence electrons. The van der Waals surface area contributed by atoms with Gasteiger partial charge in [-0.1, -0.05) is 19.3 Å². The molecule has 2 unspecified atom stereocenters. The molecule has 1 aromatic rings. The lowest BCUT2D eigenvalue weighted by Gasteiger charge is -2.22. The highest BCUT2D eigenvalue weighted by atomic mass is 32.2. The molecule has 0 radical (unpaired) electrons. The highest BCUT2D eigenvalue weighted by Crippen LogP contribution is 2.24. The van der Waals surface area contributed by atoms with Crippen LogP contribution in [0.5, 0.6) is 0 Å². The number of rotatable bonds is 4. The monoisotopic (exact) mass is 307 g/mol. The Bertz CT molecular complexity index is 501. The minimum atomic E-state index is -0.806. The van der Waals surface area contributed by atoms with Gasteiger partial charge in [0.15, 0.2) is 0 Å². The Hall–Kier alpha value is -1.49. The first-order chi connectivity index (χ1) is 10.1. The van der Waals surface area contributed by atoms with Crippen LogP contribution in [0, 0.1) is 5.92 Å². The smallest absolute Gasteiger partial charge is 0.308 e. The number of thioether (sulfide) groups is 1. The van der Waals surface area contributed by atoms with Gasteiger partial charge in [-0.2, -0.15) is 0 Å². The molecule has 1 aromatic carbocycles. The van der Waals surface area contributed by atoms with Crippen LogP contribution in [0.15, 0.2) is 29.2 Å². The molecular weight excluding hydrogens is 286 g/mol. The van der Waals surface area contributed by atoms with Gasteiger partial charge < -0.3 is 10.4 Å². The molecule has 1 aliphatic carbocycles. The van der Waals surface area contributed by atoms with Crippen molar-refractivity contribution in [2.24, 2.45) is 5.92 Å². The molecule has 0 saturated heterocycles. The van der Waals surface area contributed by atoms with Crippen LogP contribution in [0.25, 0.3) is 0 Å². The molecule has 0 bridgehead atoms. The number of carboxylic acids is 1. The van der Waals surface area contributed by atoms with Crippen molar-refractivity contribution in [1.29, 1.82) is 0 Å². The van der Waals surface area contributed by atoms with Gasteiger partial charge in [-0.3, -0.25) is 9.59 Å². The van der Waals surface area contributed by atoms with Crippen molar-refractivity contribution in [3.8, 4) is 0 Å². The third-order valence-corrected chi connectivity index (χ3v) is 4.75. The minimum absolute atomic E-state index is 0.180. The summed E-state index contributed by atoms with van der Waals surface area (Å²) in [5.74, 6) is -1.46. The zero-order valence-corrected chi connectivity index (χ0v) is 13.0. The molecule has 0 aliphatic heterocycles. The summed E-state index contributed by atoms with van der Waals surface area (Å²) < 4.78 is 0. The number of carboxylic acid groups (broad SMARTS) is 1. The van der Waals surface area contributed by atoms with Gasteiger partial charge in [0.25, 0.3) is 5.91 Å². The summed E-state index contributed by atoms with van der Waals surface area (Å²) in [4.78, 5) is 24.7. The van der Waals surface area contributed by atoms with Crippen LogP contribution >= 0.6 is 11.8 Å². The van der Waals surface area contributed by atoms with Gasteiger partial charge in [0.1, 0.15) is 0 Å². The average Bonchev–Trinajstić information content (AvgIpc) is 2.72. The number of nitrogens with one attached hydrogen (secondary N) is 1. The quantitative estimate of drug-likeness (QED) is 0.662. The van der Waals surface area contributed by atoms with E-state index in [0.717, 1.165) is 30.6 Å². The van der Waals surface area contributed by atoms with E-state index < -0.39 is 11.9 Å². The first-order valence-electron chi connectivity index (χ1n) is 7.29. The third-order valence-electron chi connectivity index (χ3n) is 4.00. The second kappa shape index (κ2) is 7.50. The molecule has 1 aliphatic rings. The molecule has 0 spiro atoms. The summed E-state index contributed by atoms with van der Waals surface area (Å²) in [5.41, 5.74) is 0.584. The molecule has 2 rings (SSSR count). The van der Waals surface area contributed by atoms with Crippen molar-refractivity contribution in [3.63, 3.8) is 0 Å². The highest BCUT2D eigenvalue weighted by Gasteiger charge is 2.30. The van der Waals surface area contributed by atoms with E-state index in [2.05, 4.69) is 5.32 Å². The van der Waals surface area contributed by atoms with Crippen LogP contribution in [0.4, 0.5) is 0 Å². The van der Waals surface area contributed by atoms with Gasteiger partial charge in [-0.25, -0.2) is 0 Å². The van der Waals surface area contributed by atoms with Crippen LogP contribution in [0.3, 0.4) is 0 Å². The number of carbonyl (C=O) groups is 2. The second-order valence-electron chi connectivity index (χ2n) is 5.39. The van der Waals surface area contributed by atoms with Crippen molar-refractivity contribution in [2.45, 2.75) is 43.0 Å². The molecule has 0 heterocycles. The van der Waals surface area contributed by atoms with E-state index >= 15 is 0 Å². The third kappa shape index (κ3) is 4.24. The van der Waals surface area contributed by atoms with Gasteiger partial charge in [0, 0.05) is 16.5 Å². The summed E-state index contributed by atoms with van der Waals surface area (Å²) in [6.45, 7) is 0. The van der Waals surface area contributed by atoms with E-state index in [1.54, 1.807) is 23.9 Å². The van der Waals surface area contributed by atoms with Crippen LogP contribution in [-0.4, -0.2) is 29.3 Å². The summed E-state index contributed by atoms with van der Waals surface area (Å²) in [5, 5.41) is 12.2. The predicted octanol–water partition coefficient (Wildman–Crippen LogP) is 3.17. The second-order valence-corrected chi connectivity index (χ2v) is 6.27. The maximum atomic E-state index is 12.3. The van der Waals surface area contributed by atoms with E-state index in [0.29, 0.717) is 12.0 Å². The summed E-state index contributed by atoms with van der Waals surface area (Å²) in [7, 11) is 0. The Morgan fingerprint density at radius 2 is 1.81 bits per heavy atom. The maximum absolute atomic E-state index is 12.3. The first-order valence-corrected chi connectivity index (χ1v) is 8.52. The fourth-order valence-electron chi connectivity index (χ4n) is 2.77.